The molecule has 0 radical (unpaired) electrons. The van der Waals surface area contributed by atoms with E-state index in [1.807, 2.05) is 31.3 Å². The Morgan fingerprint density at radius 3 is 2.37 bits per heavy atom. The lowest BCUT2D eigenvalue weighted by Gasteiger charge is -2.31. The predicted octanol–water partition coefficient (Wildman–Crippen LogP) is 4.40. The number of benzene rings is 2. The summed E-state index contributed by atoms with van der Waals surface area (Å²) in [4.78, 5) is 31.5. The Labute approximate surface area is 206 Å². The largest absolute Gasteiger partial charge is 0.496 e. The van der Waals surface area contributed by atoms with E-state index in [1.165, 1.54) is 4.90 Å². The van der Waals surface area contributed by atoms with Crippen LogP contribution in [0.25, 0.3) is 0 Å². The van der Waals surface area contributed by atoms with Crippen molar-refractivity contribution in [2.45, 2.75) is 45.6 Å². The summed E-state index contributed by atoms with van der Waals surface area (Å²) in [5.74, 6) is -1.50. The fourth-order valence-electron chi connectivity index (χ4n) is 4.47. The number of ether oxygens (including phenoxy) is 1. The van der Waals surface area contributed by atoms with Gasteiger partial charge in [0, 0.05) is 38.5 Å². The van der Waals surface area contributed by atoms with E-state index >= 15 is 0 Å². The number of aryl methyl sites for hydroxylation is 1. The molecule has 1 aliphatic heterocycles. The van der Waals surface area contributed by atoms with Crippen molar-refractivity contribution in [1.29, 1.82) is 0 Å². The topological polar surface area (TPSA) is 53.1 Å². The van der Waals surface area contributed by atoms with E-state index in [9.17, 15) is 18.4 Å². The second kappa shape index (κ2) is 12.6. The average Bonchev–Trinajstić information content (AvgIpc) is 2.85. The number of carbonyl (C=O) groups is 2. The molecule has 0 saturated carbocycles. The minimum absolute atomic E-state index is 0.0836. The molecule has 8 heteroatoms. The van der Waals surface area contributed by atoms with Gasteiger partial charge in [0.05, 0.1) is 12.8 Å². The van der Waals surface area contributed by atoms with E-state index in [2.05, 4.69) is 4.90 Å². The number of amides is 2. The summed E-state index contributed by atoms with van der Waals surface area (Å²) in [6, 6.07) is 9.79. The molecule has 6 nitrogen and oxygen atoms in total. The molecule has 0 aliphatic carbocycles. The molecule has 35 heavy (non-hydrogen) atoms. The number of para-hydroxylation sites is 1. The first-order valence-corrected chi connectivity index (χ1v) is 12.2. The van der Waals surface area contributed by atoms with Crippen LogP contribution in [0.15, 0.2) is 36.4 Å². The van der Waals surface area contributed by atoms with E-state index < -0.39 is 11.6 Å². The van der Waals surface area contributed by atoms with Crippen molar-refractivity contribution in [3.8, 4) is 5.75 Å². The van der Waals surface area contributed by atoms with Crippen LogP contribution in [0, 0.1) is 11.6 Å². The highest BCUT2D eigenvalue weighted by Gasteiger charge is 2.24. The molecule has 190 valence electrons. The lowest BCUT2D eigenvalue weighted by molar-refractivity contribution is -0.131. The van der Waals surface area contributed by atoms with Gasteiger partial charge < -0.3 is 19.4 Å². The van der Waals surface area contributed by atoms with Crippen molar-refractivity contribution in [2.24, 2.45) is 0 Å². The quantitative estimate of drug-likeness (QED) is 0.627. The fourth-order valence-corrected chi connectivity index (χ4v) is 4.47. The van der Waals surface area contributed by atoms with Crippen LogP contribution in [0.5, 0.6) is 5.75 Å². The molecule has 0 atom stereocenters. The number of fused-ring (bicyclic) bond motifs is 1. The van der Waals surface area contributed by atoms with E-state index in [4.69, 9.17) is 4.74 Å². The summed E-state index contributed by atoms with van der Waals surface area (Å²) in [5, 5.41) is 0. The molecule has 0 saturated heterocycles. The molecule has 1 aliphatic rings. The summed E-state index contributed by atoms with van der Waals surface area (Å²) in [5.41, 5.74) is 1.71. The Balaban J connectivity index is 1.91. The van der Waals surface area contributed by atoms with Crippen LogP contribution in [-0.4, -0.2) is 62.0 Å². The standard InChI is InChI=1S/C27H35F2N3O3/c1-4-26(33)32-16-8-14-30(2)13-7-15-31(19-21-17-22(28)23(29)18-24(21)32)27(34)12-11-20-9-5-6-10-25(20)35-3/h5-6,9-10,17-18H,4,7-8,11-16,19H2,1-3H3. The van der Waals surface area contributed by atoms with Crippen LogP contribution in [0.3, 0.4) is 0 Å². The van der Waals surface area contributed by atoms with Crippen LogP contribution < -0.4 is 9.64 Å². The third-order valence-electron chi connectivity index (χ3n) is 6.42. The minimum Gasteiger partial charge on any atom is -0.496 e. The van der Waals surface area contributed by atoms with Gasteiger partial charge in [0.15, 0.2) is 11.6 Å². The molecular weight excluding hydrogens is 452 g/mol. The summed E-state index contributed by atoms with van der Waals surface area (Å²) in [6.07, 6.45) is 2.47. The molecule has 0 spiro atoms. The van der Waals surface area contributed by atoms with Crippen LogP contribution in [0.1, 0.15) is 43.7 Å². The molecule has 2 amide bonds. The van der Waals surface area contributed by atoms with Crippen LogP contribution >= 0.6 is 0 Å². The lowest BCUT2D eigenvalue weighted by Crippen LogP contribution is -2.38. The first-order chi connectivity index (χ1) is 16.8. The fraction of sp³-hybridized carbons (Fsp3) is 0.481. The van der Waals surface area contributed by atoms with Gasteiger partial charge in [-0.1, -0.05) is 25.1 Å². The van der Waals surface area contributed by atoms with E-state index in [1.54, 1.807) is 18.9 Å². The maximum atomic E-state index is 14.3. The molecule has 0 aromatic heterocycles. The first-order valence-electron chi connectivity index (χ1n) is 12.2. The lowest BCUT2D eigenvalue weighted by atomic mass is 10.1. The SMILES string of the molecule is CCC(=O)N1CCCN(C)CCCN(C(=O)CCc2ccccc2OC)Cc2cc(F)c(F)cc21. The van der Waals surface area contributed by atoms with Crippen molar-refractivity contribution >= 4 is 17.5 Å². The van der Waals surface area contributed by atoms with Crippen molar-refractivity contribution in [1.82, 2.24) is 9.80 Å². The number of halogens is 2. The summed E-state index contributed by atoms with van der Waals surface area (Å²) >= 11 is 0. The van der Waals surface area contributed by atoms with Gasteiger partial charge in [-0.05, 0) is 62.7 Å². The van der Waals surface area contributed by atoms with Gasteiger partial charge in [0.1, 0.15) is 5.75 Å². The van der Waals surface area contributed by atoms with Crippen molar-refractivity contribution in [2.75, 3.05) is 45.2 Å². The summed E-state index contributed by atoms with van der Waals surface area (Å²) < 4.78 is 34.0. The Kier molecular flexibility index (Phi) is 9.60. The van der Waals surface area contributed by atoms with Gasteiger partial charge in [-0.25, -0.2) is 8.78 Å². The smallest absolute Gasteiger partial charge is 0.226 e. The van der Waals surface area contributed by atoms with Crippen molar-refractivity contribution in [3.05, 3.63) is 59.2 Å². The van der Waals surface area contributed by atoms with Gasteiger partial charge >= 0.3 is 0 Å². The van der Waals surface area contributed by atoms with E-state index in [0.717, 1.165) is 43.0 Å². The van der Waals surface area contributed by atoms with E-state index in [0.29, 0.717) is 37.2 Å². The summed E-state index contributed by atoms with van der Waals surface area (Å²) in [7, 11) is 3.61. The maximum absolute atomic E-state index is 14.3. The molecule has 0 bridgehead atoms. The number of hydrogen-bond acceptors (Lipinski definition) is 4. The number of rotatable bonds is 5. The monoisotopic (exact) mass is 487 g/mol. The number of nitrogens with zero attached hydrogens (tertiary/aromatic N) is 3. The second-order valence-corrected chi connectivity index (χ2v) is 8.93. The normalized spacial score (nSPS) is 15.7. The number of methoxy groups -OCH3 is 1. The third kappa shape index (κ3) is 7.01. The molecule has 2 aromatic carbocycles. The maximum Gasteiger partial charge on any atom is 0.226 e. The van der Waals surface area contributed by atoms with E-state index in [-0.39, 0.29) is 31.2 Å². The zero-order valence-corrected chi connectivity index (χ0v) is 20.9. The highest BCUT2D eigenvalue weighted by molar-refractivity contribution is 5.94. The minimum atomic E-state index is -1.00. The molecular formula is C27H35F2N3O3. The number of carbonyl (C=O) groups excluding carboxylic acids is 2. The zero-order valence-electron chi connectivity index (χ0n) is 20.9. The molecule has 1 heterocycles. The Hall–Kier alpha value is -3.00. The molecule has 0 fully saturated rings. The van der Waals surface area contributed by atoms with Gasteiger partial charge in [-0.3, -0.25) is 9.59 Å². The average molecular weight is 488 g/mol. The molecule has 0 N–H and O–H groups in total. The first kappa shape index (κ1) is 26.6. The predicted molar refractivity (Wildman–Crippen MR) is 132 cm³/mol. The Morgan fingerprint density at radius 2 is 1.66 bits per heavy atom. The van der Waals surface area contributed by atoms with Crippen molar-refractivity contribution in [3.63, 3.8) is 0 Å². The third-order valence-corrected chi connectivity index (χ3v) is 6.42. The van der Waals surface area contributed by atoms with Gasteiger partial charge in [0.25, 0.3) is 0 Å². The molecule has 3 rings (SSSR count). The van der Waals surface area contributed by atoms with Gasteiger partial charge in [-0.15, -0.1) is 0 Å². The summed E-state index contributed by atoms with van der Waals surface area (Å²) in [6.45, 7) is 4.29. The Bertz CT molecular complexity index is 1030. The highest BCUT2D eigenvalue weighted by Crippen LogP contribution is 2.28. The van der Waals surface area contributed by atoms with Crippen LogP contribution in [-0.2, 0) is 22.6 Å². The van der Waals surface area contributed by atoms with Crippen LogP contribution in [0.4, 0.5) is 14.5 Å². The Morgan fingerprint density at radius 1 is 0.971 bits per heavy atom. The van der Waals surface area contributed by atoms with Crippen LogP contribution in [0.2, 0.25) is 0 Å². The molecule has 2 aromatic rings. The van der Waals surface area contributed by atoms with Gasteiger partial charge in [-0.2, -0.15) is 0 Å². The van der Waals surface area contributed by atoms with Crippen molar-refractivity contribution < 1.29 is 23.1 Å². The molecule has 0 unspecified atom stereocenters. The van der Waals surface area contributed by atoms with Gasteiger partial charge in [0.2, 0.25) is 11.8 Å². The highest BCUT2D eigenvalue weighted by atomic mass is 19.2. The number of hydrogen-bond donors (Lipinski definition) is 0. The zero-order chi connectivity index (χ0) is 25.4. The second-order valence-electron chi connectivity index (χ2n) is 8.93. The number of anilines is 1.